The number of sulfone groups is 1. The minimum absolute atomic E-state index is 0. The van der Waals surface area contributed by atoms with E-state index in [0.717, 1.165) is 42.6 Å². The lowest BCUT2D eigenvalue weighted by atomic mass is 10.0. The highest BCUT2D eigenvalue weighted by Crippen LogP contribution is 2.17. The average molecular weight is 551 g/mol. The summed E-state index contributed by atoms with van der Waals surface area (Å²) in [5.41, 5.74) is 1.77. The van der Waals surface area contributed by atoms with Crippen LogP contribution in [0.5, 0.6) is 0 Å². The topological polar surface area (TPSA) is 73.8 Å². The van der Waals surface area contributed by atoms with Gasteiger partial charge in [0.15, 0.2) is 15.8 Å². The van der Waals surface area contributed by atoms with Crippen molar-refractivity contribution < 1.29 is 8.42 Å². The molecule has 6 nitrogen and oxygen atoms in total. The van der Waals surface area contributed by atoms with Crippen LogP contribution in [0.3, 0.4) is 0 Å². The molecule has 1 aromatic rings. The third-order valence-corrected chi connectivity index (χ3v) is 6.76. The van der Waals surface area contributed by atoms with Crippen LogP contribution in [0.2, 0.25) is 0 Å². The maximum atomic E-state index is 11.8. The molecule has 1 aromatic carbocycles. The number of aliphatic imine (C=N–C) groups is 1. The molecular formula is C22H39IN4O2S. The Balaban J connectivity index is 0.00000450. The molecule has 1 aliphatic rings. The molecule has 0 aliphatic carbocycles. The summed E-state index contributed by atoms with van der Waals surface area (Å²) in [5, 5.41) is 6.70. The van der Waals surface area contributed by atoms with E-state index in [1.165, 1.54) is 45.0 Å². The third kappa shape index (κ3) is 9.09. The molecule has 2 N–H and O–H groups in total. The van der Waals surface area contributed by atoms with E-state index < -0.39 is 9.84 Å². The maximum Gasteiger partial charge on any atom is 0.191 e. The van der Waals surface area contributed by atoms with Crippen LogP contribution in [0.15, 0.2) is 28.1 Å². The summed E-state index contributed by atoms with van der Waals surface area (Å²) in [5.74, 6) is 0.809. The number of unbranched alkanes of at least 4 members (excludes halogenated alkanes) is 1. The molecule has 8 heteroatoms. The molecule has 0 radical (unpaired) electrons. The molecule has 1 atom stereocenters. The second kappa shape index (κ2) is 13.5. The van der Waals surface area contributed by atoms with Gasteiger partial charge in [0.1, 0.15) is 0 Å². The van der Waals surface area contributed by atoms with Crippen molar-refractivity contribution in [1.29, 1.82) is 0 Å². The number of halogens is 1. The van der Waals surface area contributed by atoms with E-state index in [-0.39, 0.29) is 24.0 Å². The van der Waals surface area contributed by atoms with Gasteiger partial charge in [-0.05, 0) is 76.7 Å². The predicted molar refractivity (Wildman–Crippen MR) is 137 cm³/mol. The van der Waals surface area contributed by atoms with Crippen molar-refractivity contribution in [2.75, 3.05) is 32.4 Å². The van der Waals surface area contributed by atoms with E-state index >= 15 is 0 Å². The number of hydrogen-bond acceptors (Lipinski definition) is 4. The number of rotatable bonds is 9. The van der Waals surface area contributed by atoms with E-state index in [0.29, 0.717) is 11.4 Å². The minimum Gasteiger partial charge on any atom is -0.357 e. The fraction of sp³-hybridized carbons (Fsp3) is 0.682. The summed E-state index contributed by atoms with van der Waals surface area (Å²) in [6.07, 6.45) is 7.60. The highest BCUT2D eigenvalue weighted by Gasteiger charge is 2.17. The summed E-state index contributed by atoms with van der Waals surface area (Å²) in [6, 6.07) is 6.16. The molecule has 1 saturated heterocycles. The molecule has 1 unspecified atom stereocenters. The number of nitrogens with zero attached hydrogens (tertiary/aromatic N) is 2. The molecule has 2 rings (SSSR count). The van der Waals surface area contributed by atoms with Gasteiger partial charge in [0.25, 0.3) is 0 Å². The number of piperidine rings is 1. The number of guanidine groups is 1. The second-order valence-electron chi connectivity index (χ2n) is 8.08. The first kappa shape index (κ1) is 27.2. The molecule has 30 heavy (non-hydrogen) atoms. The quantitative estimate of drug-likeness (QED) is 0.212. The number of benzene rings is 1. The monoisotopic (exact) mass is 550 g/mol. The van der Waals surface area contributed by atoms with Crippen LogP contribution in [-0.2, 0) is 16.4 Å². The number of aryl methyl sites for hydroxylation is 1. The second-order valence-corrected chi connectivity index (χ2v) is 10.1. The standard InChI is InChI=1S/C22H38N4O2S.HI/c1-5-23-22(24-13-7-9-15-26-14-8-6-10-19(26)3)25-17-20-11-12-21(18(2)16-20)29(4,27)28;/h11-12,16,19H,5-10,13-15,17H2,1-4H3,(H2,23,24,25);1H. The Hall–Kier alpha value is -0.870. The van der Waals surface area contributed by atoms with Crippen LogP contribution in [0, 0.1) is 6.92 Å². The number of nitrogens with one attached hydrogen (secondary N) is 2. The first-order valence-corrected chi connectivity index (χ1v) is 12.8. The Labute approximate surface area is 200 Å². The molecule has 0 bridgehead atoms. The molecule has 0 aromatic heterocycles. The van der Waals surface area contributed by atoms with Crippen molar-refractivity contribution in [3.63, 3.8) is 0 Å². The van der Waals surface area contributed by atoms with Crippen molar-refractivity contribution in [2.24, 2.45) is 4.99 Å². The van der Waals surface area contributed by atoms with Gasteiger partial charge in [0.2, 0.25) is 0 Å². The van der Waals surface area contributed by atoms with Crippen molar-refractivity contribution in [2.45, 2.75) is 70.4 Å². The molecular weight excluding hydrogens is 511 g/mol. The zero-order valence-electron chi connectivity index (χ0n) is 18.9. The van der Waals surface area contributed by atoms with Crippen LogP contribution in [-0.4, -0.2) is 57.8 Å². The molecule has 0 spiro atoms. The summed E-state index contributed by atoms with van der Waals surface area (Å²) in [7, 11) is -3.18. The Morgan fingerprint density at radius 3 is 2.63 bits per heavy atom. The number of hydrogen-bond donors (Lipinski definition) is 2. The average Bonchev–Trinajstić information content (AvgIpc) is 2.66. The minimum atomic E-state index is -3.18. The van der Waals surface area contributed by atoms with Crippen LogP contribution in [0.1, 0.15) is 57.1 Å². The van der Waals surface area contributed by atoms with Crippen molar-refractivity contribution in [3.8, 4) is 0 Å². The van der Waals surface area contributed by atoms with Gasteiger partial charge >= 0.3 is 0 Å². The summed E-state index contributed by atoms with van der Waals surface area (Å²) in [4.78, 5) is 7.65. The van der Waals surface area contributed by atoms with Crippen LogP contribution in [0.4, 0.5) is 0 Å². The Bertz CT molecular complexity index is 783. The van der Waals surface area contributed by atoms with E-state index in [1.54, 1.807) is 6.07 Å². The molecule has 1 aliphatic heterocycles. The molecule has 172 valence electrons. The van der Waals surface area contributed by atoms with Crippen molar-refractivity contribution in [1.82, 2.24) is 15.5 Å². The smallest absolute Gasteiger partial charge is 0.191 e. The van der Waals surface area contributed by atoms with Crippen molar-refractivity contribution in [3.05, 3.63) is 29.3 Å². The first-order chi connectivity index (χ1) is 13.8. The predicted octanol–water partition coefficient (Wildman–Crippen LogP) is 3.73. The SMILES string of the molecule is CCNC(=NCc1ccc(S(C)(=O)=O)c(C)c1)NCCCCN1CCCCC1C.I. The van der Waals surface area contributed by atoms with Gasteiger partial charge in [-0.2, -0.15) is 0 Å². The largest absolute Gasteiger partial charge is 0.357 e. The highest BCUT2D eigenvalue weighted by molar-refractivity contribution is 14.0. The van der Waals surface area contributed by atoms with Crippen molar-refractivity contribution >= 4 is 39.8 Å². The van der Waals surface area contributed by atoms with E-state index in [2.05, 4.69) is 34.4 Å². The van der Waals surface area contributed by atoms with Gasteiger partial charge in [0.05, 0.1) is 11.4 Å². The normalized spacial score (nSPS) is 18.0. The van der Waals surface area contributed by atoms with Crippen LogP contribution in [0.25, 0.3) is 0 Å². The summed E-state index contributed by atoms with van der Waals surface area (Å²) >= 11 is 0. The zero-order valence-corrected chi connectivity index (χ0v) is 22.1. The molecule has 0 amide bonds. The Morgan fingerprint density at radius 2 is 2.00 bits per heavy atom. The van der Waals surface area contributed by atoms with Gasteiger partial charge < -0.3 is 15.5 Å². The maximum absolute atomic E-state index is 11.8. The van der Waals surface area contributed by atoms with E-state index in [4.69, 9.17) is 0 Å². The zero-order chi connectivity index (χ0) is 21.3. The molecule has 1 heterocycles. The fourth-order valence-corrected chi connectivity index (χ4v) is 4.83. The van der Waals surface area contributed by atoms with Crippen LogP contribution < -0.4 is 10.6 Å². The van der Waals surface area contributed by atoms with Gasteiger partial charge in [-0.15, -0.1) is 24.0 Å². The summed E-state index contributed by atoms with van der Waals surface area (Å²) < 4.78 is 23.5. The van der Waals surface area contributed by atoms with Gasteiger partial charge in [0, 0.05) is 25.4 Å². The number of likely N-dealkylation sites (tertiary alicyclic amines) is 1. The van der Waals surface area contributed by atoms with Gasteiger partial charge in [-0.3, -0.25) is 0 Å². The fourth-order valence-electron chi connectivity index (χ4n) is 3.87. The molecule has 1 fully saturated rings. The van der Waals surface area contributed by atoms with Crippen LogP contribution >= 0.6 is 24.0 Å². The summed E-state index contributed by atoms with van der Waals surface area (Å²) in [6.45, 7) is 10.9. The first-order valence-electron chi connectivity index (χ1n) is 10.9. The lowest BCUT2D eigenvalue weighted by Gasteiger charge is -2.33. The van der Waals surface area contributed by atoms with E-state index in [9.17, 15) is 8.42 Å². The Morgan fingerprint density at radius 1 is 1.23 bits per heavy atom. The van der Waals surface area contributed by atoms with Gasteiger partial charge in [-0.1, -0.05) is 18.6 Å². The lowest BCUT2D eigenvalue weighted by molar-refractivity contribution is 0.158. The third-order valence-electron chi connectivity index (χ3n) is 5.51. The lowest BCUT2D eigenvalue weighted by Crippen LogP contribution is -2.39. The van der Waals surface area contributed by atoms with E-state index in [1.807, 2.05) is 19.1 Å². The Kier molecular flexibility index (Phi) is 12.2. The molecule has 0 saturated carbocycles. The van der Waals surface area contributed by atoms with Gasteiger partial charge in [-0.25, -0.2) is 13.4 Å². The highest BCUT2D eigenvalue weighted by atomic mass is 127.